The van der Waals surface area contributed by atoms with Crippen molar-refractivity contribution in [1.29, 1.82) is 0 Å². The zero-order chi connectivity index (χ0) is 13.1. The molecule has 96 valence electrons. The molecule has 0 radical (unpaired) electrons. The molecule has 2 rings (SSSR count). The van der Waals surface area contributed by atoms with Crippen LogP contribution in [0.3, 0.4) is 0 Å². The average Bonchev–Trinajstić information content (AvgIpc) is 2.72. The third-order valence-electron chi connectivity index (χ3n) is 2.75. The van der Waals surface area contributed by atoms with Gasteiger partial charge >= 0.3 is 0 Å². The number of H-pyrrole nitrogens is 1. The van der Waals surface area contributed by atoms with Crippen molar-refractivity contribution in [3.63, 3.8) is 0 Å². The maximum atomic E-state index is 11.7. The third-order valence-corrected chi connectivity index (χ3v) is 2.75. The smallest absolute Gasteiger partial charge is 0.224 e. The van der Waals surface area contributed by atoms with E-state index in [1.54, 1.807) is 18.3 Å². The molecular weight excluding hydrogens is 230 g/mol. The summed E-state index contributed by atoms with van der Waals surface area (Å²) in [6.45, 7) is 2.30. The van der Waals surface area contributed by atoms with Gasteiger partial charge in [-0.2, -0.15) is 0 Å². The minimum absolute atomic E-state index is 0.0547. The summed E-state index contributed by atoms with van der Waals surface area (Å²) >= 11 is 0. The van der Waals surface area contributed by atoms with Crippen LogP contribution in [0.15, 0.2) is 24.4 Å². The first-order valence-electron chi connectivity index (χ1n) is 5.88. The number of hydrogen-bond donors (Lipinski definition) is 4. The Morgan fingerprint density at radius 1 is 1.56 bits per heavy atom. The summed E-state index contributed by atoms with van der Waals surface area (Å²) in [5, 5.41) is 13.3. The summed E-state index contributed by atoms with van der Waals surface area (Å²) in [6, 6.07) is 5.19. The lowest BCUT2D eigenvalue weighted by Gasteiger charge is -2.07. The number of hydrogen-bond acceptors (Lipinski definition) is 3. The van der Waals surface area contributed by atoms with Crippen molar-refractivity contribution in [2.75, 3.05) is 6.54 Å². The van der Waals surface area contributed by atoms with Crippen LogP contribution in [0.1, 0.15) is 12.5 Å². The first-order chi connectivity index (χ1) is 8.58. The summed E-state index contributed by atoms with van der Waals surface area (Å²) in [5.41, 5.74) is 7.09. The van der Waals surface area contributed by atoms with Crippen LogP contribution in [-0.2, 0) is 11.2 Å². The van der Waals surface area contributed by atoms with E-state index >= 15 is 0 Å². The van der Waals surface area contributed by atoms with Gasteiger partial charge in [0.15, 0.2) is 0 Å². The molecule has 0 bridgehead atoms. The summed E-state index contributed by atoms with van der Waals surface area (Å²) in [4.78, 5) is 14.7. The molecule has 0 saturated heterocycles. The largest absolute Gasteiger partial charge is 0.506 e. The van der Waals surface area contributed by atoms with Gasteiger partial charge in [-0.05, 0) is 18.6 Å². The topological polar surface area (TPSA) is 91.1 Å². The lowest BCUT2D eigenvalue weighted by Crippen LogP contribution is -2.35. The molecule has 1 atom stereocenters. The van der Waals surface area contributed by atoms with Gasteiger partial charge in [0.1, 0.15) is 5.75 Å². The van der Waals surface area contributed by atoms with E-state index < -0.39 is 0 Å². The number of fused-ring (bicyclic) bond motifs is 1. The SMILES string of the molecule is CC(N)CNC(=O)Cc1c[nH]c2c(O)cccc12. The zero-order valence-electron chi connectivity index (χ0n) is 10.2. The molecule has 1 aromatic heterocycles. The lowest BCUT2D eigenvalue weighted by atomic mass is 10.1. The molecule has 1 heterocycles. The number of amides is 1. The maximum absolute atomic E-state index is 11.7. The first-order valence-corrected chi connectivity index (χ1v) is 5.88. The molecule has 1 amide bonds. The van der Waals surface area contributed by atoms with Gasteiger partial charge < -0.3 is 21.1 Å². The number of benzene rings is 1. The Hall–Kier alpha value is -2.01. The predicted octanol–water partition coefficient (Wildman–Crippen LogP) is 0.879. The molecule has 0 aliphatic carbocycles. The fraction of sp³-hybridized carbons (Fsp3) is 0.308. The first kappa shape index (κ1) is 12.4. The fourth-order valence-electron chi connectivity index (χ4n) is 1.85. The fourth-order valence-corrected chi connectivity index (χ4v) is 1.85. The van der Waals surface area contributed by atoms with Gasteiger partial charge in [-0.25, -0.2) is 0 Å². The van der Waals surface area contributed by atoms with Crippen molar-refractivity contribution in [2.45, 2.75) is 19.4 Å². The van der Waals surface area contributed by atoms with E-state index in [4.69, 9.17) is 5.73 Å². The Bertz CT molecular complexity index is 560. The van der Waals surface area contributed by atoms with Crippen LogP contribution in [0.2, 0.25) is 0 Å². The number of aromatic nitrogens is 1. The zero-order valence-corrected chi connectivity index (χ0v) is 10.2. The second-order valence-corrected chi connectivity index (χ2v) is 4.47. The monoisotopic (exact) mass is 247 g/mol. The second kappa shape index (κ2) is 5.10. The molecule has 1 aromatic carbocycles. The lowest BCUT2D eigenvalue weighted by molar-refractivity contribution is -0.120. The number of aromatic amines is 1. The average molecular weight is 247 g/mol. The van der Waals surface area contributed by atoms with E-state index in [1.165, 1.54) is 0 Å². The Morgan fingerprint density at radius 2 is 2.33 bits per heavy atom. The van der Waals surface area contributed by atoms with Gasteiger partial charge in [0.2, 0.25) is 5.91 Å². The predicted molar refractivity (Wildman–Crippen MR) is 70.3 cm³/mol. The van der Waals surface area contributed by atoms with Crippen LogP contribution in [0.4, 0.5) is 0 Å². The summed E-state index contributed by atoms with van der Waals surface area (Å²) in [5.74, 6) is 0.117. The Kier molecular flexibility index (Phi) is 3.53. The van der Waals surface area contributed by atoms with Crippen LogP contribution in [-0.4, -0.2) is 28.6 Å². The number of aromatic hydroxyl groups is 1. The highest BCUT2D eigenvalue weighted by Gasteiger charge is 2.10. The van der Waals surface area contributed by atoms with Crippen molar-refractivity contribution in [3.05, 3.63) is 30.0 Å². The standard InChI is InChI=1S/C13H17N3O2/c1-8(14)6-15-12(18)5-9-7-16-13-10(9)3-2-4-11(13)17/h2-4,7-8,16-17H,5-6,14H2,1H3,(H,15,18). The second-order valence-electron chi connectivity index (χ2n) is 4.47. The van der Waals surface area contributed by atoms with Crippen LogP contribution in [0.25, 0.3) is 10.9 Å². The molecule has 0 aliphatic rings. The Labute approximate surface area is 105 Å². The van der Waals surface area contributed by atoms with E-state index in [0.29, 0.717) is 12.1 Å². The van der Waals surface area contributed by atoms with Crippen molar-refractivity contribution < 1.29 is 9.90 Å². The highest BCUT2D eigenvalue weighted by molar-refractivity contribution is 5.91. The maximum Gasteiger partial charge on any atom is 0.224 e. The molecule has 5 N–H and O–H groups in total. The molecule has 0 aliphatic heterocycles. The highest BCUT2D eigenvalue weighted by atomic mass is 16.3. The van der Waals surface area contributed by atoms with Gasteiger partial charge in [-0.15, -0.1) is 0 Å². The van der Waals surface area contributed by atoms with Crippen LogP contribution in [0.5, 0.6) is 5.75 Å². The Morgan fingerprint density at radius 3 is 3.06 bits per heavy atom. The van der Waals surface area contributed by atoms with Gasteiger partial charge in [-0.1, -0.05) is 12.1 Å². The van der Waals surface area contributed by atoms with Gasteiger partial charge in [0, 0.05) is 24.2 Å². The normalized spacial score (nSPS) is 12.6. The van der Waals surface area contributed by atoms with E-state index in [-0.39, 0.29) is 24.1 Å². The number of carbonyl (C=O) groups is 1. The van der Waals surface area contributed by atoms with Gasteiger partial charge in [-0.3, -0.25) is 4.79 Å². The minimum atomic E-state index is -0.0726. The molecule has 18 heavy (non-hydrogen) atoms. The van der Waals surface area contributed by atoms with Crippen LogP contribution >= 0.6 is 0 Å². The molecule has 0 saturated carbocycles. The van der Waals surface area contributed by atoms with Crippen molar-refractivity contribution >= 4 is 16.8 Å². The number of phenols is 1. The summed E-state index contributed by atoms with van der Waals surface area (Å²) in [6.07, 6.45) is 2.02. The molecule has 1 unspecified atom stereocenters. The van der Waals surface area contributed by atoms with Crippen molar-refractivity contribution in [3.8, 4) is 5.75 Å². The van der Waals surface area contributed by atoms with E-state index in [0.717, 1.165) is 10.9 Å². The van der Waals surface area contributed by atoms with E-state index in [2.05, 4.69) is 10.3 Å². The minimum Gasteiger partial charge on any atom is -0.506 e. The number of para-hydroxylation sites is 1. The molecule has 0 fully saturated rings. The van der Waals surface area contributed by atoms with Crippen LogP contribution in [0, 0.1) is 0 Å². The Balaban J connectivity index is 2.12. The number of phenolic OH excluding ortho intramolecular Hbond substituents is 1. The van der Waals surface area contributed by atoms with Gasteiger partial charge in [0.25, 0.3) is 0 Å². The molecule has 0 spiro atoms. The van der Waals surface area contributed by atoms with Crippen molar-refractivity contribution in [1.82, 2.24) is 10.3 Å². The van der Waals surface area contributed by atoms with E-state index in [1.807, 2.05) is 13.0 Å². The van der Waals surface area contributed by atoms with Crippen LogP contribution < -0.4 is 11.1 Å². The summed E-state index contributed by atoms with van der Waals surface area (Å²) in [7, 11) is 0. The third kappa shape index (κ3) is 2.62. The molecule has 5 nitrogen and oxygen atoms in total. The quantitative estimate of drug-likeness (QED) is 0.646. The number of carbonyl (C=O) groups excluding carboxylic acids is 1. The van der Waals surface area contributed by atoms with E-state index in [9.17, 15) is 9.90 Å². The number of nitrogens with one attached hydrogen (secondary N) is 2. The molecule has 5 heteroatoms. The van der Waals surface area contributed by atoms with Crippen molar-refractivity contribution in [2.24, 2.45) is 5.73 Å². The molecular formula is C13H17N3O2. The summed E-state index contributed by atoms with van der Waals surface area (Å²) < 4.78 is 0. The number of rotatable bonds is 4. The molecule has 2 aromatic rings. The van der Waals surface area contributed by atoms with Gasteiger partial charge in [0.05, 0.1) is 11.9 Å². The highest BCUT2D eigenvalue weighted by Crippen LogP contribution is 2.26. The number of nitrogens with two attached hydrogens (primary N) is 1.